The van der Waals surface area contributed by atoms with E-state index in [0.29, 0.717) is 24.7 Å². The number of pyridine rings is 1. The van der Waals surface area contributed by atoms with Crippen molar-refractivity contribution in [3.63, 3.8) is 0 Å². The summed E-state index contributed by atoms with van der Waals surface area (Å²) in [5.41, 5.74) is 10.7. The van der Waals surface area contributed by atoms with Crippen LogP contribution >= 0.6 is 0 Å². The van der Waals surface area contributed by atoms with Gasteiger partial charge in [0, 0.05) is 24.9 Å². The Morgan fingerprint density at radius 2 is 2.00 bits per heavy atom. The van der Waals surface area contributed by atoms with Gasteiger partial charge in [0.05, 0.1) is 6.10 Å². The Labute approximate surface area is 166 Å². The van der Waals surface area contributed by atoms with E-state index in [1.165, 1.54) is 22.3 Å². The fourth-order valence-electron chi connectivity index (χ4n) is 5.92. The van der Waals surface area contributed by atoms with Crippen molar-refractivity contribution in [1.82, 2.24) is 4.98 Å². The number of nitrogens with two attached hydrogens (primary N) is 1. The molecule has 3 aliphatic rings. The van der Waals surface area contributed by atoms with Crippen LogP contribution < -0.4 is 5.73 Å². The maximum atomic E-state index is 6.07. The van der Waals surface area contributed by atoms with Gasteiger partial charge >= 0.3 is 0 Å². The fourth-order valence-corrected chi connectivity index (χ4v) is 5.92. The van der Waals surface area contributed by atoms with Gasteiger partial charge in [0.25, 0.3) is 6.02 Å². The molecule has 1 aromatic carbocycles. The van der Waals surface area contributed by atoms with Crippen LogP contribution in [0.2, 0.25) is 0 Å². The molecule has 4 atom stereocenters. The predicted octanol–water partition coefficient (Wildman–Crippen LogP) is 3.67. The van der Waals surface area contributed by atoms with Crippen LogP contribution in [-0.2, 0) is 21.4 Å². The quantitative estimate of drug-likeness (QED) is 0.867. The molecule has 0 bridgehead atoms. The molecule has 146 valence electrons. The Morgan fingerprint density at radius 1 is 1.18 bits per heavy atom. The Balaban J connectivity index is 1.62. The van der Waals surface area contributed by atoms with Crippen LogP contribution in [0.3, 0.4) is 0 Å². The van der Waals surface area contributed by atoms with Crippen molar-refractivity contribution in [1.29, 1.82) is 0 Å². The highest BCUT2D eigenvalue weighted by Gasteiger charge is 2.62. The molecule has 2 aromatic rings. The number of nitrogens with zero attached hydrogens (tertiary/aromatic N) is 2. The molecule has 1 aliphatic heterocycles. The summed E-state index contributed by atoms with van der Waals surface area (Å²) in [7, 11) is 1.83. The minimum absolute atomic E-state index is 0.0434. The smallest absolute Gasteiger partial charge is 0.283 e. The van der Waals surface area contributed by atoms with Crippen LogP contribution in [0.4, 0.5) is 0 Å². The van der Waals surface area contributed by atoms with E-state index in [2.05, 4.69) is 30.1 Å². The SMILES string of the molecule is CO[C@H]1CC[C@@]2(Cc3ccc(-c4ccncc4)cc3[C@@]23COC(N)=N3)C[C@@H]1C. The second-order valence-corrected chi connectivity index (χ2v) is 8.66. The Kier molecular flexibility index (Phi) is 3.98. The standard InChI is InChI=1S/C23H27N3O2/c1-15-12-22(8-5-20(15)27-2)13-18-4-3-17(16-6-9-25-10-7-16)11-19(18)23(22)14-28-21(24)26-23/h3-4,6-7,9-11,15,20H,5,8,12-14H2,1-2H3,(H2,24,26)/t15-,20-,22-,23-/m0/s1. The Hall–Kier alpha value is -2.40. The molecule has 1 fully saturated rings. The lowest BCUT2D eigenvalue weighted by Crippen LogP contribution is -2.48. The molecule has 2 N–H and O–H groups in total. The van der Waals surface area contributed by atoms with Crippen molar-refractivity contribution in [2.24, 2.45) is 22.1 Å². The topological polar surface area (TPSA) is 69.7 Å². The lowest BCUT2D eigenvalue weighted by atomic mass is 9.59. The molecule has 1 aromatic heterocycles. The number of ether oxygens (including phenoxy) is 2. The van der Waals surface area contributed by atoms with E-state index in [-0.39, 0.29) is 11.0 Å². The molecular weight excluding hydrogens is 350 g/mol. The van der Waals surface area contributed by atoms with Gasteiger partial charge in [0.1, 0.15) is 12.1 Å². The summed E-state index contributed by atoms with van der Waals surface area (Å²) < 4.78 is 11.5. The minimum atomic E-state index is -0.386. The molecule has 0 radical (unpaired) electrons. The fraction of sp³-hybridized carbons (Fsp3) is 0.478. The minimum Gasteiger partial charge on any atom is -0.462 e. The molecule has 2 spiro atoms. The van der Waals surface area contributed by atoms with Crippen LogP contribution in [0.25, 0.3) is 11.1 Å². The molecule has 5 nitrogen and oxygen atoms in total. The summed E-state index contributed by atoms with van der Waals surface area (Å²) in [5, 5.41) is 0. The zero-order valence-corrected chi connectivity index (χ0v) is 16.5. The van der Waals surface area contributed by atoms with Gasteiger partial charge in [-0.1, -0.05) is 19.1 Å². The summed E-state index contributed by atoms with van der Waals surface area (Å²) in [5.74, 6) is 0.488. The summed E-state index contributed by atoms with van der Waals surface area (Å²) in [6.07, 6.45) is 8.23. The monoisotopic (exact) mass is 377 g/mol. The molecule has 0 unspecified atom stereocenters. The van der Waals surface area contributed by atoms with E-state index in [1.54, 1.807) is 0 Å². The van der Waals surface area contributed by atoms with Gasteiger partial charge in [0.2, 0.25) is 0 Å². The number of benzene rings is 1. The number of rotatable bonds is 2. The third kappa shape index (κ3) is 2.42. The van der Waals surface area contributed by atoms with Crippen molar-refractivity contribution < 1.29 is 9.47 Å². The molecule has 2 heterocycles. The van der Waals surface area contributed by atoms with E-state index in [9.17, 15) is 0 Å². The molecular formula is C23H27N3O2. The molecule has 1 saturated carbocycles. The summed E-state index contributed by atoms with van der Waals surface area (Å²) in [6.45, 7) is 2.84. The number of hydrogen-bond acceptors (Lipinski definition) is 5. The number of fused-ring (bicyclic) bond motifs is 3. The molecule has 5 heteroatoms. The average molecular weight is 377 g/mol. The summed E-state index contributed by atoms with van der Waals surface area (Å²) in [4.78, 5) is 9.12. The highest BCUT2D eigenvalue weighted by atomic mass is 16.5. The number of methoxy groups -OCH3 is 1. The van der Waals surface area contributed by atoms with Crippen LogP contribution in [0.15, 0.2) is 47.7 Å². The second kappa shape index (κ2) is 6.31. The first-order valence-corrected chi connectivity index (χ1v) is 10.1. The van der Waals surface area contributed by atoms with Gasteiger partial charge in [-0.05, 0) is 72.1 Å². The van der Waals surface area contributed by atoms with Gasteiger partial charge in [-0.3, -0.25) is 4.98 Å². The third-order valence-corrected chi connectivity index (χ3v) is 7.26. The van der Waals surface area contributed by atoms with Crippen LogP contribution in [0, 0.1) is 11.3 Å². The van der Waals surface area contributed by atoms with Crippen LogP contribution in [0.1, 0.15) is 37.3 Å². The van der Waals surface area contributed by atoms with Crippen molar-refractivity contribution in [2.45, 2.75) is 44.2 Å². The van der Waals surface area contributed by atoms with Crippen molar-refractivity contribution in [2.75, 3.05) is 13.7 Å². The van der Waals surface area contributed by atoms with Crippen LogP contribution in [0.5, 0.6) is 0 Å². The average Bonchev–Trinajstić information content (AvgIpc) is 3.22. The first-order valence-electron chi connectivity index (χ1n) is 10.1. The molecule has 2 aliphatic carbocycles. The Morgan fingerprint density at radius 3 is 2.68 bits per heavy atom. The maximum Gasteiger partial charge on any atom is 0.283 e. The van der Waals surface area contributed by atoms with Crippen molar-refractivity contribution in [3.05, 3.63) is 53.9 Å². The second-order valence-electron chi connectivity index (χ2n) is 8.66. The van der Waals surface area contributed by atoms with Gasteiger partial charge in [-0.15, -0.1) is 0 Å². The number of amidine groups is 1. The van der Waals surface area contributed by atoms with E-state index >= 15 is 0 Å². The van der Waals surface area contributed by atoms with E-state index in [4.69, 9.17) is 20.2 Å². The summed E-state index contributed by atoms with van der Waals surface area (Å²) in [6, 6.07) is 11.2. The number of aromatic nitrogens is 1. The van der Waals surface area contributed by atoms with E-state index in [0.717, 1.165) is 25.7 Å². The number of hydrogen-bond donors (Lipinski definition) is 1. The van der Waals surface area contributed by atoms with Gasteiger partial charge in [-0.25, -0.2) is 4.99 Å². The molecule has 0 amide bonds. The lowest BCUT2D eigenvalue weighted by Gasteiger charge is -2.47. The van der Waals surface area contributed by atoms with E-state index in [1.807, 2.05) is 31.6 Å². The first-order chi connectivity index (χ1) is 13.6. The van der Waals surface area contributed by atoms with Gasteiger partial charge < -0.3 is 15.2 Å². The third-order valence-electron chi connectivity index (χ3n) is 7.26. The predicted molar refractivity (Wildman–Crippen MR) is 109 cm³/mol. The molecule has 5 rings (SSSR count). The summed E-state index contributed by atoms with van der Waals surface area (Å²) >= 11 is 0. The van der Waals surface area contributed by atoms with Crippen molar-refractivity contribution in [3.8, 4) is 11.1 Å². The normalized spacial score (nSPS) is 33.7. The molecule has 0 saturated heterocycles. The lowest BCUT2D eigenvalue weighted by molar-refractivity contribution is -0.0445. The highest BCUT2D eigenvalue weighted by Crippen LogP contribution is 2.62. The van der Waals surface area contributed by atoms with Crippen LogP contribution in [-0.4, -0.2) is 30.8 Å². The van der Waals surface area contributed by atoms with Gasteiger partial charge in [0.15, 0.2) is 0 Å². The largest absolute Gasteiger partial charge is 0.462 e. The van der Waals surface area contributed by atoms with E-state index < -0.39 is 0 Å². The number of aliphatic imine (C=N–C) groups is 1. The first kappa shape index (κ1) is 17.7. The van der Waals surface area contributed by atoms with Gasteiger partial charge in [-0.2, -0.15) is 0 Å². The molecule has 28 heavy (non-hydrogen) atoms. The maximum absolute atomic E-state index is 6.07. The zero-order chi connectivity index (χ0) is 19.4. The Bertz CT molecular complexity index is 929. The van der Waals surface area contributed by atoms with Crippen molar-refractivity contribution >= 4 is 6.02 Å². The highest BCUT2D eigenvalue weighted by molar-refractivity contribution is 5.76. The zero-order valence-electron chi connectivity index (χ0n) is 16.5.